The van der Waals surface area contributed by atoms with Crippen molar-refractivity contribution < 1.29 is 24.3 Å². The van der Waals surface area contributed by atoms with Gasteiger partial charge in [-0.15, -0.1) is 0 Å². The molecule has 7 nitrogen and oxygen atoms in total. The van der Waals surface area contributed by atoms with Crippen LogP contribution in [0.1, 0.15) is 24.3 Å². The van der Waals surface area contributed by atoms with Gasteiger partial charge in [0.1, 0.15) is 5.75 Å². The first-order valence-electron chi connectivity index (χ1n) is 13.6. The van der Waals surface area contributed by atoms with Crippen LogP contribution < -0.4 is 9.80 Å². The van der Waals surface area contributed by atoms with Gasteiger partial charge in [0.15, 0.2) is 0 Å². The SMILES string of the molecule is O=C1C2CC=C3C(CC4C(=O)N(c5ccc(I)cc5)C(=O)C4C3c3cc(Cl)ccc3O)C2C(=O)N1c1ccc(I)cc1. The highest BCUT2D eigenvalue weighted by Crippen LogP contribution is 2.59. The molecule has 3 fully saturated rings. The monoisotopic (exact) mass is 804 g/mol. The van der Waals surface area contributed by atoms with Crippen molar-refractivity contribution >= 4 is 91.8 Å². The average Bonchev–Trinajstić information content (AvgIpc) is 3.38. The first kappa shape index (κ1) is 28.0. The van der Waals surface area contributed by atoms with Crippen LogP contribution in [0, 0.1) is 36.7 Å². The van der Waals surface area contributed by atoms with Crippen LogP contribution in [0.2, 0.25) is 5.02 Å². The first-order valence-corrected chi connectivity index (χ1v) is 16.1. The van der Waals surface area contributed by atoms with E-state index in [1.807, 2.05) is 30.3 Å². The Hall–Kier alpha value is -2.77. The molecule has 2 saturated heterocycles. The molecule has 0 bridgehead atoms. The van der Waals surface area contributed by atoms with Crippen molar-refractivity contribution in [3.8, 4) is 5.75 Å². The molecule has 0 spiro atoms. The number of hydrogen-bond acceptors (Lipinski definition) is 5. The quantitative estimate of drug-likeness (QED) is 0.191. The molecule has 1 saturated carbocycles. The summed E-state index contributed by atoms with van der Waals surface area (Å²) in [7, 11) is 0. The maximum Gasteiger partial charge on any atom is 0.238 e. The average molecular weight is 805 g/mol. The summed E-state index contributed by atoms with van der Waals surface area (Å²) in [5, 5.41) is 11.4. The Morgan fingerprint density at radius 2 is 1.24 bits per heavy atom. The highest BCUT2D eigenvalue weighted by molar-refractivity contribution is 14.1. The maximum atomic E-state index is 14.1. The Bertz CT molecular complexity index is 1710. The van der Waals surface area contributed by atoms with E-state index in [9.17, 15) is 24.3 Å². The van der Waals surface area contributed by atoms with Crippen molar-refractivity contribution in [2.45, 2.75) is 18.8 Å². The number of benzene rings is 3. The van der Waals surface area contributed by atoms with Gasteiger partial charge in [0.25, 0.3) is 0 Å². The fraction of sp³-hybridized carbons (Fsp3) is 0.250. The molecule has 2 aliphatic carbocycles. The number of rotatable bonds is 3. The van der Waals surface area contributed by atoms with Crippen molar-refractivity contribution in [1.29, 1.82) is 0 Å². The highest BCUT2D eigenvalue weighted by Gasteiger charge is 2.62. The third kappa shape index (κ3) is 4.25. The number of carbonyl (C=O) groups excluding carboxylic acids is 4. The fourth-order valence-corrected chi connectivity index (χ4v) is 8.30. The number of amides is 4. The Morgan fingerprint density at radius 3 is 1.83 bits per heavy atom. The van der Waals surface area contributed by atoms with E-state index in [0.717, 1.165) is 12.7 Å². The zero-order valence-corrected chi connectivity index (χ0v) is 27.0. The summed E-state index contributed by atoms with van der Waals surface area (Å²) in [6.07, 6.45) is 2.56. The van der Waals surface area contributed by atoms with E-state index in [2.05, 4.69) is 45.2 Å². The standard InChI is InChI=1S/C32H23ClI2N2O5/c33-15-1-12-25(38)23(13-15)26-20-10-11-21-27(31(41)36(29(21)39)18-6-2-16(34)3-7-18)22(20)14-24-28(26)32(42)37(30(24)40)19-8-4-17(35)5-9-19/h1-10,12-13,21-22,24,26-28,38H,11,14H2. The fourth-order valence-electron chi connectivity index (χ4n) is 7.40. The van der Waals surface area contributed by atoms with Crippen molar-refractivity contribution in [1.82, 2.24) is 0 Å². The third-order valence-electron chi connectivity index (χ3n) is 9.14. The predicted molar refractivity (Wildman–Crippen MR) is 174 cm³/mol. The van der Waals surface area contributed by atoms with Crippen molar-refractivity contribution in [2.24, 2.45) is 29.6 Å². The lowest BCUT2D eigenvalue weighted by molar-refractivity contribution is -0.126. The van der Waals surface area contributed by atoms with Gasteiger partial charge in [0, 0.05) is 23.6 Å². The zero-order valence-electron chi connectivity index (χ0n) is 21.9. The van der Waals surface area contributed by atoms with E-state index in [0.29, 0.717) is 28.4 Å². The number of anilines is 2. The molecular formula is C32H23ClI2N2O5. The smallest absolute Gasteiger partial charge is 0.238 e. The van der Waals surface area contributed by atoms with Crippen LogP contribution in [0.4, 0.5) is 11.4 Å². The van der Waals surface area contributed by atoms with Crippen LogP contribution in [0.3, 0.4) is 0 Å². The molecule has 7 rings (SSSR count). The molecular weight excluding hydrogens is 782 g/mol. The van der Waals surface area contributed by atoms with Gasteiger partial charge in [-0.1, -0.05) is 23.3 Å². The summed E-state index contributed by atoms with van der Waals surface area (Å²) in [5.74, 6) is -5.10. The van der Waals surface area contributed by atoms with E-state index in [1.165, 1.54) is 15.9 Å². The lowest BCUT2D eigenvalue weighted by Gasteiger charge is -2.44. The van der Waals surface area contributed by atoms with Gasteiger partial charge < -0.3 is 5.11 Å². The minimum Gasteiger partial charge on any atom is -0.508 e. The number of nitrogens with zero attached hydrogens (tertiary/aromatic N) is 2. The largest absolute Gasteiger partial charge is 0.508 e. The number of carbonyl (C=O) groups is 4. The van der Waals surface area contributed by atoms with E-state index in [4.69, 9.17) is 11.6 Å². The molecule has 3 aromatic rings. The molecule has 0 aromatic heterocycles. The Balaban J connectivity index is 1.35. The summed E-state index contributed by atoms with van der Waals surface area (Å²) < 4.78 is 1.96. The minimum atomic E-state index is -0.778. The second-order valence-electron chi connectivity index (χ2n) is 11.2. The first-order chi connectivity index (χ1) is 20.2. The van der Waals surface area contributed by atoms with E-state index >= 15 is 0 Å². The van der Waals surface area contributed by atoms with Crippen LogP contribution in [0.25, 0.3) is 0 Å². The molecule has 3 aromatic carbocycles. The van der Waals surface area contributed by atoms with Crippen LogP contribution in [-0.4, -0.2) is 28.7 Å². The van der Waals surface area contributed by atoms with Crippen LogP contribution in [-0.2, 0) is 19.2 Å². The number of aromatic hydroxyl groups is 1. The molecule has 6 atom stereocenters. The highest BCUT2D eigenvalue weighted by atomic mass is 127. The number of hydrogen-bond donors (Lipinski definition) is 1. The zero-order chi connectivity index (χ0) is 29.4. The van der Waals surface area contributed by atoms with E-state index in [1.54, 1.807) is 36.4 Å². The number of imide groups is 2. The van der Waals surface area contributed by atoms with E-state index in [-0.39, 0.29) is 35.8 Å². The van der Waals surface area contributed by atoms with Gasteiger partial charge in [-0.3, -0.25) is 29.0 Å². The maximum absolute atomic E-state index is 14.1. The number of allylic oxidation sites excluding steroid dienone is 2. The van der Waals surface area contributed by atoms with Gasteiger partial charge >= 0.3 is 0 Å². The number of halogens is 3. The van der Waals surface area contributed by atoms with E-state index < -0.39 is 35.5 Å². The van der Waals surface area contributed by atoms with Crippen LogP contribution in [0.15, 0.2) is 78.4 Å². The third-order valence-corrected chi connectivity index (χ3v) is 10.8. The molecule has 10 heteroatoms. The molecule has 42 heavy (non-hydrogen) atoms. The molecule has 6 unspecified atom stereocenters. The summed E-state index contributed by atoms with van der Waals surface area (Å²) in [4.78, 5) is 58.4. The summed E-state index contributed by atoms with van der Waals surface area (Å²) in [6, 6.07) is 19.1. The summed E-state index contributed by atoms with van der Waals surface area (Å²) in [5.41, 5.74) is 2.27. The van der Waals surface area contributed by atoms with Crippen molar-refractivity contribution in [2.75, 3.05) is 9.80 Å². The number of phenolic OH excluding ortho intramolecular Hbond substituents is 1. The molecule has 2 aliphatic heterocycles. The molecule has 1 N–H and O–H groups in total. The molecule has 0 radical (unpaired) electrons. The summed E-state index contributed by atoms with van der Waals surface area (Å²) >= 11 is 10.7. The van der Waals surface area contributed by atoms with Crippen LogP contribution >= 0.6 is 56.8 Å². The number of fused-ring (bicyclic) bond motifs is 4. The Labute approximate surface area is 274 Å². The van der Waals surface area contributed by atoms with Gasteiger partial charge in [0.2, 0.25) is 23.6 Å². The second-order valence-corrected chi connectivity index (χ2v) is 14.1. The summed E-state index contributed by atoms with van der Waals surface area (Å²) in [6.45, 7) is 0. The molecule has 4 amide bonds. The molecule has 212 valence electrons. The predicted octanol–water partition coefficient (Wildman–Crippen LogP) is 6.30. The van der Waals surface area contributed by atoms with Gasteiger partial charge in [-0.05, 0) is 131 Å². The number of phenols is 1. The molecule has 4 aliphatic rings. The normalized spacial score (nSPS) is 28.5. The lowest BCUT2D eigenvalue weighted by Crippen LogP contribution is -2.43. The minimum absolute atomic E-state index is 0.0332. The topological polar surface area (TPSA) is 95.0 Å². The van der Waals surface area contributed by atoms with Gasteiger partial charge in [-0.2, -0.15) is 0 Å². The lowest BCUT2D eigenvalue weighted by atomic mass is 9.57. The van der Waals surface area contributed by atoms with Crippen LogP contribution in [0.5, 0.6) is 5.75 Å². The Kier molecular flexibility index (Phi) is 6.97. The van der Waals surface area contributed by atoms with Crippen molar-refractivity contribution in [3.05, 3.63) is 96.1 Å². The van der Waals surface area contributed by atoms with Gasteiger partial charge in [-0.25, -0.2) is 0 Å². The second kappa shape index (κ2) is 10.4. The van der Waals surface area contributed by atoms with Crippen molar-refractivity contribution in [3.63, 3.8) is 0 Å². The van der Waals surface area contributed by atoms with Gasteiger partial charge in [0.05, 0.1) is 35.0 Å². The Morgan fingerprint density at radius 1 is 0.690 bits per heavy atom. The molecule has 2 heterocycles.